The van der Waals surface area contributed by atoms with Gasteiger partial charge in [-0.25, -0.2) is 0 Å². The smallest absolute Gasteiger partial charge is 0.0697 e. The fourth-order valence-corrected chi connectivity index (χ4v) is 0.952. The van der Waals surface area contributed by atoms with E-state index in [2.05, 4.69) is 11.6 Å². The summed E-state index contributed by atoms with van der Waals surface area (Å²) in [5.41, 5.74) is 8.38. The zero-order valence-electron chi connectivity index (χ0n) is 6.67. The summed E-state index contributed by atoms with van der Waals surface area (Å²) >= 11 is 0. The van der Waals surface area contributed by atoms with E-state index in [9.17, 15) is 0 Å². The lowest BCUT2D eigenvalue weighted by atomic mass is 10.1. The number of nitrogens with two attached hydrogens (primary N) is 1. The van der Waals surface area contributed by atoms with Gasteiger partial charge in [-0.15, -0.1) is 0 Å². The van der Waals surface area contributed by atoms with Crippen LogP contribution in [0, 0.1) is 6.92 Å². The van der Waals surface area contributed by atoms with Crippen LogP contribution < -0.4 is 5.73 Å². The zero-order valence-corrected chi connectivity index (χ0v) is 6.67. The minimum atomic E-state index is 0.470. The molecule has 2 nitrogen and oxygen atoms in total. The molecule has 0 amide bonds. The van der Waals surface area contributed by atoms with Crippen molar-refractivity contribution >= 4 is 5.57 Å². The van der Waals surface area contributed by atoms with Crippen molar-refractivity contribution in [3.05, 3.63) is 36.2 Å². The lowest BCUT2D eigenvalue weighted by molar-refractivity contribution is 1.17. The first-order valence-electron chi connectivity index (χ1n) is 3.55. The van der Waals surface area contributed by atoms with Crippen LogP contribution in [0.4, 0.5) is 0 Å². The molecule has 0 spiro atoms. The van der Waals surface area contributed by atoms with E-state index in [0.717, 1.165) is 16.8 Å². The first kappa shape index (κ1) is 7.95. The number of hydrogen-bond acceptors (Lipinski definition) is 2. The zero-order chi connectivity index (χ0) is 8.27. The van der Waals surface area contributed by atoms with Crippen molar-refractivity contribution in [1.29, 1.82) is 0 Å². The highest BCUT2D eigenvalue weighted by atomic mass is 14.7. The van der Waals surface area contributed by atoms with E-state index in [1.165, 1.54) is 0 Å². The van der Waals surface area contributed by atoms with Gasteiger partial charge in [-0.1, -0.05) is 12.6 Å². The summed E-state index contributed by atoms with van der Waals surface area (Å²) in [7, 11) is 0. The van der Waals surface area contributed by atoms with Crippen molar-refractivity contribution in [3.63, 3.8) is 0 Å². The van der Waals surface area contributed by atoms with Crippen molar-refractivity contribution in [2.24, 2.45) is 5.73 Å². The molecule has 0 bridgehead atoms. The second kappa shape index (κ2) is 3.30. The molecule has 2 N–H and O–H groups in total. The Kier molecular flexibility index (Phi) is 2.39. The minimum absolute atomic E-state index is 0.470. The molecule has 1 aromatic heterocycles. The second-order valence-electron chi connectivity index (χ2n) is 2.48. The fourth-order valence-electron chi connectivity index (χ4n) is 0.952. The molecule has 0 unspecified atom stereocenters. The number of rotatable bonds is 2. The summed E-state index contributed by atoms with van der Waals surface area (Å²) in [6.07, 6.45) is 1.75. The van der Waals surface area contributed by atoms with Crippen LogP contribution in [0.15, 0.2) is 24.9 Å². The summed E-state index contributed by atoms with van der Waals surface area (Å²) in [4.78, 5) is 4.17. The lowest BCUT2D eigenvalue weighted by Crippen LogP contribution is -2.03. The van der Waals surface area contributed by atoms with Crippen LogP contribution in [-0.2, 0) is 0 Å². The van der Waals surface area contributed by atoms with Gasteiger partial charge in [-0.05, 0) is 24.1 Å². The van der Waals surface area contributed by atoms with E-state index >= 15 is 0 Å². The molecule has 58 valence electrons. The van der Waals surface area contributed by atoms with Crippen molar-refractivity contribution in [2.45, 2.75) is 6.92 Å². The largest absolute Gasteiger partial charge is 0.326 e. The Bertz CT molecular complexity index is 266. The number of hydrogen-bond donors (Lipinski definition) is 1. The normalized spacial score (nSPS) is 9.64. The second-order valence-corrected chi connectivity index (χ2v) is 2.48. The Balaban J connectivity index is 3.03. The first-order valence-corrected chi connectivity index (χ1v) is 3.55. The van der Waals surface area contributed by atoms with Gasteiger partial charge in [0.25, 0.3) is 0 Å². The summed E-state index contributed by atoms with van der Waals surface area (Å²) in [6, 6.07) is 3.91. The molecule has 1 heterocycles. The van der Waals surface area contributed by atoms with Gasteiger partial charge in [0.15, 0.2) is 0 Å². The molecular weight excluding hydrogens is 136 g/mol. The van der Waals surface area contributed by atoms with Crippen LogP contribution in [0.25, 0.3) is 5.57 Å². The number of pyridine rings is 1. The van der Waals surface area contributed by atoms with Crippen LogP contribution in [0.1, 0.15) is 11.3 Å². The maximum atomic E-state index is 5.43. The van der Waals surface area contributed by atoms with Crippen LogP contribution in [0.3, 0.4) is 0 Å². The van der Waals surface area contributed by atoms with Gasteiger partial charge in [-0.3, -0.25) is 4.98 Å². The first-order chi connectivity index (χ1) is 5.25. The Morgan fingerprint density at radius 2 is 2.45 bits per heavy atom. The highest BCUT2D eigenvalue weighted by Gasteiger charge is 1.99. The third-order valence-corrected chi connectivity index (χ3v) is 1.59. The Hall–Kier alpha value is -1.15. The predicted octanol–water partition coefficient (Wildman–Crippen LogP) is 1.36. The SMILES string of the molecule is C=C(CN)c1ncccc1C. The topological polar surface area (TPSA) is 38.9 Å². The monoisotopic (exact) mass is 148 g/mol. The van der Waals surface area contributed by atoms with Crippen molar-refractivity contribution < 1.29 is 0 Å². The molecule has 2 heteroatoms. The van der Waals surface area contributed by atoms with Crippen molar-refractivity contribution in [3.8, 4) is 0 Å². The Labute approximate surface area is 66.8 Å². The third-order valence-electron chi connectivity index (χ3n) is 1.59. The number of aromatic nitrogens is 1. The molecule has 11 heavy (non-hydrogen) atoms. The molecule has 0 radical (unpaired) electrons. The van der Waals surface area contributed by atoms with Crippen molar-refractivity contribution in [1.82, 2.24) is 4.98 Å². The van der Waals surface area contributed by atoms with Gasteiger partial charge in [-0.2, -0.15) is 0 Å². The summed E-state index contributed by atoms with van der Waals surface area (Å²) in [5, 5.41) is 0. The lowest BCUT2D eigenvalue weighted by Gasteiger charge is -2.03. The van der Waals surface area contributed by atoms with Gasteiger partial charge in [0.1, 0.15) is 0 Å². The molecule has 0 aliphatic heterocycles. The van der Waals surface area contributed by atoms with Crippen LogP contribution in [0.5, 0.6) is 0 Å². The predicted molar refractivity (Wildman–Crippen MR) is 47.1 cm³/mol. The van der Waals surface area contributed by atoms with E-state index in [1.54, 1.807) is 6.20 Å². The third kappa shape index (κ3) is 1.65. The molecule has 1 aromatic rings. The quantitative estimate of drug-likeness (QED) is 0.687. The highest BCUT2D eigenvalue weighted by molar-refractivity contribution is 5.63. The Morgan fingerprint density at radius 1 is 1.73 bits per heavy atom. The van der Waals surface area contributed by atoms with E-state index in [0.29, 0.717) is 6.54 Å². The van der Waals surface area contributed by atoms with Gasteiger partial charge < -0.3 is 5.73 Å². The van der Waals surface area contributed by atoms with Crippen LogP contribution >= 0.6 is 0 Å². The molecule has 0 atom stereocenters. The van der Waals surface area contributed by atoms with Gasteiger partial charge in [0.05, 0.1) is 5.69 Å². The molecular formula is C9H12N2. The average molecular weight is 148 g/mol. The summed E-state index contributed by atoms with van der Waals surface area (Å²) in [6.45, 7) is 6.29. The molecule has 0 saturated carbocycles. The fraction of sp³-hybridized carbons (Fsp3) is 0.222. The van der Waals surface area contributed by atoms with E-state index in [4.69, 9.17) is 5.73 Å². The molecule has 0 fully saturated rings. The molecule has 0 aliphatic carbocycles. The molecule has 0 saturated heterocycles. The van der Waals surface area contributed by atoms with E-state index in [1.807, 2.05) is 19.1 Å². The highest BCUT2D eigenvalue weighted by Crippen LogP contribution is 2.11. The summed E-state index contributed by atoms with van der Waals surface area (Å²) < 4.78 is 0. The minimum Gasteiger partial charge on any atom is -0.326 e. The summed E-state index contributed by atoms with van der Waals surface area (Å²) in [5.74, 6) is 0. The number of aryl methyl sites for hydroxylation is 1. The standard InChI is InChI=1S/C9H12N2/c1-7-4-3-5-11-9(7)8(2)6-10/h3-5H,2,6,10H2,1H3. The Morgan fingerprint density at radius 3 is 3.00 bits per heavy atom. The van der Waals surface area contributed by atoms with Gasteiger partial charge in [0, 0.05) is 12.7 Å². The maximum Gasteiger partial charge on any atom is 0.0697 e. The number of nitrogens with zero attached hydrogens (tertiary/aromatic N) is 1. The average Bonchev–Trinajstić information content (AvgIpc) is 2.04. The molecule has 1 rings (SSSR count). The van der Waals surface area contributed by atoms with Crippen molar-refractivity contribution in [2.75, 3.05) is 6.54 Å². The van der Waals surface area contributed by atoms with Gasteiger partial charge >= 0.3 is 0 Å². The van der Waals surface area contributed by atoms with E-state index in [-0.39, 0.29) is 0 Å². The molecule has 0 aliphatic rings. The van der Waals surface area contributed by atoms with E-state index < -0.39 is 0 Å². The maximum absolute atomic E-state index is 5.43. The van der Waals surface area contributed by atoms with Crippen LogP contribution in [-0.4, -0.2) is 11.5 Å². The molecule has 0 aromatic carbocycles. The van der Waals surface area contributed by atoms with Crippen LogP contribution in [0.2, 0.25) is 0 Å². The van der Waals surface area contributed by atoms with Gasteiger partial charge in [0.2, 0.25) is 0 Å².